The summed E-state index contributed by atoms with van der Waals surface area (Å²) < 4.78 is 0. The zero-order valence-electron chi connectivity index (χ0n) is 14.6. The van der Waals surface area contributed by atoms with E-state index in [1.807, 2.05) is 45.9 Å². The number of hydrogen-bond donors (Lipinski definition) is 0. The van der Waals surface area contributed by atoms with Gasteiger partial charge >= 0.3 is 0 Å². The maximum Gasteiger partial charge on any atom is 0.273 e. The lowest BCUT2D eigenvalue weighted by atomic mass is 9.88. The first kappa shape index (κ1) is 16.0. The summed E-state index contributed by atoms with van der Waals surface area (Å²) in [6.45, 7) is 7.67. The van der Waals surface area contributed by atoms with Gasteiger partial charge in [-0.25, -0.2) is 10.0 Å². The Morgan fingerprint density at radius 3 is 2.39 bits per heavy atom. The van der Waals surface area contributed by atoms with Crippen molar-refractivity contribution >= 4 is 11.8 Å². The number of aryl methyl sites for hydroxylation is 2. The minimum Gasteiger partial charge on any atom is -0.270 e. The van der Waals surface area contributed by atoms with Crippen molar-refractivity contribution in [2.45, 2.75) is 71.4 Å². The van der Waals surface area contributed by atoms with Crippen molar-refractivity contribution in [3.63, 3.8) is 0 Å². The largest absolute Gasteiger partial charge is 0.273 e. The summed E-state index contributed by atoms with van der Waals surface area (Å²) in [7, 11) is 0. The first-order valence-electron chi connectivity index (χ1n) is 8.59. The second-order valence-corrected chi connectivity index (χ2v) is 7.44. The number of carbonyl (C=O) groups excluding carboxylic acids is 2. The maximum atomic E-state index is 13.1. The SMILES string of the molecule is Cc1ccc(C(=O)N2N(C3CCCCC3)C(=O)C2(C)C)c(C)c1. The normalized spacial score (nSPS) is 21.3. The summed E-state index contributed by atoms with van der Waals surface area (Å²) in [6, 6.07) is 6.04. The molecule has 0 radical (unpaired) electrons. The van der Waals surface area contributed by atoms with Gasteiger partial charge in [-0.3, -0.25) is 9.59 Å². The molecular weight excluding hydrogens is 288 g/mol. The average molecular weight is 314 g/mol. The quantitative estimate of drug-likeness (QED) is 0.836. The van der Waals surface area contributed by atoms with Crippen molar-refractivity contribution in [1.82, 2.24) is 10.0 Å². The molecule has 1 aliphatic carbocycles. The highest BCUT2D eigenvalue weighted by Crippen LogP contribution is 2.38. The Morgan fingerprint density at radius 2 is 1.78 bits per heavy atom. The number of benzene rings is 1. The molecule has 2 aliphatic rings. The van der Waals surface area contributed by atoms with Crippen LogP contribution >= 0.6 is 0 Å². The number of nitrogens with zero attached hydrogens (tertiary/aromatic N) is 2. The van der Waals surface area contributed by atoms with Gasteiger partial charge in [-0.1, -0.05) is 37.0 Å². The minimum atomic E-state index is -0.744. The fourth-order valence-electron chi connectivity index (χ4n) is 3.86. The van der Waals surface area contributed by atoms with Crippen LogP contribution in [0.1, 0.15) is 67.4 Å². The second kappa shape index (κ2) is 5.66. The van der Waals surface area contributed by atoms with Crippen molar-refractivity contribution in [3.05, 3.63) is 34.9 Å². The molecule has 2 amide bonds. The molecule has 1 aliphatic heterocycles. The Hall–Kier alpha value is -1.84. The molecule has 23 heavy (non-hydrogen) atoms. The van der Waals surface area contributed by atoms with Crippen LogP contribution < -0.4 is 0 Å². The zero-order valence-corrected chi connectivity index (χ0v) is 14.6. The van der Waals surface area contributed by atoms with Gasteiger partial charge in [0, 0.05) is 5.56 Å². The molecule has 4 heteroatoms. The van der Waals surface area contributed by atoms with E-state index in [1.54, 1.807) is 10.0 Å². The van der Waals surface area contributed by atoms with Crippen LogP contribution in [-0.4, -0.2) is 33.4 Å². The van der Waals surface area contributed by atoms with Crippen molar-refractivity contribution in [2.75, 3.05) is 0 Å². The van der Waals surface area contributed by atoms with Crippen LogP contribution in [-0.2, 0) is 4.79 Å². The van der Waals surface area contributed by atoms with Crippen LogP contribution in [0.4, 0.5) is 0 Å². The zero-order chi connectivity index (χ0) is 16.8. The monoisotopic (exact) mass is 314 g/mol. The van der Waals surface area contributed by atoms with E-state index in [0.29, 0.717) is 5.56 Å². The van der Waals surface area contributed by atoms with Gasteiger partial charge in [0.05, 0.1) is 6.04 Å². The predicted molar refractivity (Wildman–Crippen MR) is 89.9 cm³/mol. The molecule has 124 valence electrons. The van der Waals surface area contributed by atoms with E-state index < -0.39 is 5.54 Å². The van der Waals surface area contributed by atoms with E-state index in [-0.39, 0.29) is 17.9 Å². The van der Waals surface area contributed by atoms with Gasteiger partial charge in [0.15, 0.2) is 0 Å². The van der Waals surface area contributed by atoms with Gasteiger partial charge in [0.1, 0.15) is 5.54 Å². The molecule has 0 bridgehead atoms. The van der Waals surface area contributed by atoms with E-state index >= 15 is 0 Å². The molecule has 3 rings (SSSR count). The lowest BCUT2D eigenvalue weighted by Gasteiger charge is -2.58. The molecule has 0 unspecified atom stereocenters. The van der Waals surface area contributed by atoms with Crippen LogP contribution in [0.5, 0.6) is 0 Å². The number of carbonyl (C=O) groups is 2. The summed E-state index contributed by atoms with van der Waals surface area (Å²) in [6.07, 6.45) is 5.50. The number of hydrogen-bond acceptors (Lipinski definition) is 2. The molecule has 1 aromatic rings. The molecule has 1 heterocycles. The highest BCUT2D eigenvalue weighted by Gasteiger charge is 2.57. The summed E-state index contributed by atoms with van der Waals surface area (Å²) in [4.78, 5) is 25.7. The Labute approximate surface area is 138 Å². The minimum absolute atomic E-state index is 0.0577. The summed E-state index contributed by atoms with van der Waals surface area (Å²) >= 11 is 0. The number of hydrazine groups is 1. The summed E-state index contributed by atoms with van der Waals surface area (Å²) in [5.41, 5.74) is 2.05. The molecule has 0 N–H and O–H groups in total. The summed E-state index contributed by atoms with van der Waals surface area (Å²) in [5.74, 6) is 0.0141. The lowest BCUT2D eigenvalue weighted by Crippen LogP contribution is -2.78. The molecule has 1 saturated heterocycles. The highest BCUT2D eigenvalue weighted by molar-refractivity contribution is 6.05. The van der Waals surface area contributed by atoms with Gasteiger partial charge in [0.2, 0.25) is 0 Å². The third-order valence-electron chi connectivity index (χ3n) is 5.20. The van der Waals surface area contributed by atoms with E-state index in [9.17, 15) is 9.59 Å². The van der Waals surface area contributed by atoms with Gasteiger partial charge < -0.3 is 0 Å². The molecule has 1 saturated carbocycles. The van der Waals surface area contributed by atoms with Crippen molar-refractivity contribution in [3.8, 4) is 0 Å². The van der Waals surface area contributed by atoms with E-state index in [4.69, 9.17) is 0 Å². The fraction of sp³-hybridized carbons (Fsp3) is 0.579. The average Bonchev–Trinajstić information content (AvgIpc) is 2.52. The Kier molecular flexibility index (Phi) is 3.95. The Bertz CT molecular complexity index is 645. The maximum absolute atomic E-state index is 13.1. The third kappa shape index (κ3) is 2.54. The van der Waals surface area contributed by atoms with Gasteiger partial charge in [-0.2, -0.15) is 0 Å². The van der Waals surface area contributed by atoms with Crippen molar-refractivity contribution < 1.29 is 9.59 Å². The topological polar surface area (TPSA) is 40.6 Å². The van der Waals surface area contributed by atoms with Crippen LogP contribution in [0, 0.1) is 13.8 Å². The van der Waals surface area contributed by atoms with E-state index in [2.05, 4.69) is 0 Å². The van der Waals surface area contributed by atoms with E-state index in [1.165, 1.54) is 6.42 Å². The standard InChI is InChI=1S/C19H26N2O2/c1-13-10-11-16(14(2)12-13)17(22)21-19(3,4)18(23)20(21)15-8-6-5-7-9-15/h10-12,15H,5-9H2,1-4H3. The van der Waals surface area contributed by atoms with Crippen LogP contribution in [0.15, 0.2) is 18.2 Å². The third-order valence-corrected chi connectivity index (χ3v) is 5.20. The van der Waals surface area contributed by atoms with Crippen LogP contribution in [0.3, 0.4) is 0 Å². The summed E-state index contributed by atoms with van der Waals surface area (Å²) in [5, 5.41) is 3.43. The van der Waals surface area contributed by atoms with Crippen LogP contribution in [0.2, 0.25) is 0 Å². The van der Waals surface area contributed by atoms with Crippen LogP contribution in [0.25, 0.3) is 0 Å². The predicted octanol–water partition coefficient (Wildman–Crippen LogP) is 3.61. The molecular formula is C19H26N2O2. The molecule has 0 spiro atoms. The van der Waals surface area contributed by atoms with E-state index in [0.717, 1.165) is 36.8 Å². The molecule has 2 fully saturated rings. The lowest BCUT2D eigenvalue weighted by molar-refractivity contribution is -0.210. The molecule has 4 nitrogen and oxygen atoms in total. The highest BCUT2D eigenvalue weighted by atomic mass is 16.2. The molecule has 0 atom stereocenters. The van der Waals surface area contributed by atoms with Gasteiger partial charge in [-0.15, -0.1) is 0 Å². The number of amides is 2. The smallest absolute Gasteiger partial charge is 0.270 e. The molecule has 1 aromatic carbocycles. The Balaban J connectivity index is 1.91. The van der Waals surface area contributed by atoms with Gasteiger partial charge in [-0.05, 0) is 52.2 Å². The fourth-order valence-corrected chi connectivity index (χ4v) is 3.86. The van der Waals surface area contributed by atoms with Crippen molar-refractivity contribution in [2.24, 2.45) is 0 Å². The Morgan fingerprint density at radius 1 is 1.13 bits per heavy atom. The molecule has 0 aromatic heterocycles. The van der Waals surface area contributed by atoms with Gasteiger partial charge in [0.25, 0.3) is 11.8 Å². The first-order chi connectivity index (χ1) is 10.8. The first-order valence-corrected chi connectivity index (χ1v) is 8.59. The second-order valence-electron chi connectivity index (χ2n) is 7.44. The number of rotatable bonds is 2. The van der Waals surface area contributed by atoms with Crippen molar-refractivity contribution in [1.29, 1.82) is 0 Å².